The lowest BCUT2D eigenvalue weighted by molar-refractivity contribution is -0.0326. The molecule has 4 heterocycles. The number of benzene rings is 1. The van der Waals surface area contributed by atoms with Gasteiger partial charge in [0.15, 0.2) is 0 Å². The molecule has 0 aliphatic carbocycles. The lowest BCUT2D eigenvalue weighted by atomic mass is 10.0. The normalized spacial score (nSPS) is 17.7. The quantitative estimate of drug-likeness (QED) is 0.563. The SMILES string of the molecule is NC(=O)c1sc2ncccc2c1C1CN(Cc2ccc3ccccc3n2)CCO1. The number of nitrogens with two attached hydrogens (primary N) is 1. The van der Waals surface area contributed by atoms with Crippen LogP contribution in [0.2, 0.25) is 0 Å². The smallest absolute Gasteiger partial charge is 0.259 e. The van der Waals surface area contributed by atoms with E-state index >= 15 is 0 Å². The van der Waals surface area contributed by atoms with Crippen molar-refractivity contribution >= 4 is 38.4 Å². The number of nitrogens with zero attached hydrogens (tertiary/aromatic N) is 3. The molecule has 7 heteroatoms. The Morgan fingerprint density at radius 2 is 2.10 bits per heavy atom. The molecule has 2 N–H and O–H groups in total. The van der Waals surface area contributed by atoms with Gasteiger partial charge < -0.3 is 10.5 Å². The Bertz CT molecular complexity index is 1210. The van der Waals surface area contributed by atoms with Gasteiger partial charge in [-0.3, -0.25) is 14.7 Å². The number of primary amides is 1. The van der Waals surface area contributed by atoms with Crippen molar-refractivity contribution < 1.29 is 9.53 Å². The summed E-state index contributed by atoms with van der Waals surface area (Å²) in [5, 5.41) is 2.08. The first-order valence-corrected chi connectivity index (χ1v) is 10.4. The Hall–Kier alpha value is -2.87. The fourth-order valence-corrected chi connectivity index (χ4v) is 4.95. The van der Waals surface area contributed by atoms with Crippen LogP contribution in [0.4, 0.5) is 0 Å². The Labute approximate surface area is 171 Å². The van der Waals surface area contributed by atoms with Crippen molar-refractivity contribution in [2.24, 2.45) is 5.73 Å². The minimum Gasteiger partial charge on any atom is -0.371 e. The molecular weight excluding hydrogens is 384 g/mol. The highest BCUT2D eigenvalue weighted by atomic mass is 32.1. The molecule has 3 aromatic heterocycles. The van der Waals surface area contributed by atoms with Crippen LogP contribution in [0.3, 0.4) is 0 Å². The Morgan fingerprint density at radius 1 is 1.21 bits per heavy atom. The molecule has 6 nitrogen and oxygen atoms in total. The zero-order chi connectivity index (χ0) is 19.8. The first-order valence-electron chi connectivity index (χ1n) is 9.55. The number of carbonyl (C=O) groups is 1. The van der Waals surface area contributed by atoms with Gasteiger partial charge in [-0.2, -0.15) is 0 Å². The van der Waals surface area contributed by atoms with E-state index in [9.17, 15) is 4.79 Å². The molecule has 1 saturated heterocycles. The molecule has 1 aliphatic heterocycles. The zero-order valence-electron chi connectivity index (χ0n) is 15.7. The van der Waals surface area contributed by atoms with E-state index in [2.05, 4.69) is 28.1 Å². The highest BCUT2D eigenvalue weighted by Crippen LogP contribution is 2.37. The average molecular weight is 404 g/mol. The Kier molecular flexibility index (Phi) is 4.71. The van der Waals surface area contributed by atoms with E-state index in [1.54, 1.807) is 6.20 Å². The number of thiophene rings is 1. The standard InChI is InChI=1S/C22H20N4O2S/c23-21(27)20-19(16-5-3-9-24-22(16)29-20)18-13-26(10-11-28-18)12-15-8-7-14-4-1-2-6-17(14)25-15/h1-9,18H,10-13H2,(H2,23,27). The summed E-state index contributed by atoms with van der Waals surface area (Å²) in [5.74, 6) is -0.431. The van der Waals surface area contributed by atoms with Gasteiger partial charge >= 0.3 is 0 Å². The molecule has 1 atom stereocenters. The van der Waals surface area contributed by atoms with Gasteiger partial charge in [-0.05, 0) is 18.2 Å². The van der Waals surface area contributed by atoms with Crippen molar-refractivity contribution in [2.45, 2.75) is 12.6 Å². The van der Waals surface area contributed by atoms with Gasteiger partial charge in [0.25, 0.3) is 5.91 Å². The van der Waals surface area contributed by atoms with Crippen LogP contribution in [-0.4, -0.2) is 40.5 Å². The van der Waals surface area contributed by atoms with E-state index in [0.29, 0.717) is 18.0 Å². The lowest BCUT2D eigenvalue weighted by Crippen LogP contribution is -2.38. The molecular formula is C22H20N4O2S. The third-order valence-electron chi connectivity index (χ3n) is 5.24. The molecule has 1 aliphatic rings. The number of hydrogen-bond acceptors (Lipinski definition) is 6. The molecule has 146 valence electrons. The number of pyridine rings is 2. The molecule has 0 spiro atoms. The van der Waals surface area contributed by atoms with Crippen LogP contribution in [0, 0.1) is 0 Å². The number of aromatic nitrogens is 2. The lowest BCUT2D eigenvalue weighted by Gasteiger charge is -2.33. The number of amides is 1. The maximum Gasteiger partial charge on any atom is 0.259 e. The van der Waals surface area contributed by atoms with E-state index in [0.717, 1.165) is 45.5 Å². The minimum atomic E-state index is -0.431. The number of para-hydroxylation sites is 1. The monoisotopic (exact) mass is 404 g/mol. The van der Waals surface area contributed by atoms with Gasteiger partial charge in [0, 0.05) is 42.2 Å². The predicted octanol–water partition coefficient (Wildman–Crippen LogP) is 3.52. The van der Waals surface area contributed by atoms with Gasteiger partial charge in [-0.1, -0.05) is 30.3 Å². The Balaban J connectivity index is 1.43. The highest BCUT2D eigenvalue weighted by Gasteiger charge is 2.29. The van der Waals surface area contributed by atoms with E-state index in [1.165, 1.54) is 11.3 Å². The van der Waals surface area contributed by atoms with Crippen molar-refractivity contribution in [2.75, 3.05) is 19.7 Å². The molecule has 1 fully saturated rings. The number of morpholine rings is 1. The molecule has 0 saturated carbocycles. The molecule has 5 rings (SSSR count). The van der Waals surface area contributed by atoms with Crippen molar-refractivity contribution in [3.63, 3.8) is 0 Å². The summed E-state index contributed by atoms with van der Waals surface area (Å²) < 4.78 is 6.07. The molecule has 29 heavy (non-hydrogen) atoms. The first-order chi connectivity index (χ1) is 14.2. The summed E-state index contributed by atoms with van der Waals surface area (Å²) in [6.45, 7) is 2.82. The molecule has 1 amide bonds. The van der Waals surface area contributed by atoms with Crippen LogP contribution in [0.1, 0.15) is 27.0 Å². The summed E-state index contributed by atoms with van der Waals surface area (Å²) in [6.07, 6.45) is 1.51. The van der Waals surface area contributed by atoms with Gasteiger partial charge in [0.1, 0.15) is 9.71 Å². The summed E-state index contributed by atoms with van der Waals surface area (Å²) >= 11 is 1.34. The van der Waals surface area contributed by atoms with Gasteiger partial charge in [0.2, 0.25) is 0 Å². The molecule has 0 radical (unpaired) electrons. The molecule has 4 aromatic rings. The number of ether oxygens (including phenoxy) is 1. The second-order valence-electron chi connectivity index (χ2n) is 7.16. The molecule has 1 unspecified atom stereocenters. The second-order valence-corrected chi connectivity index (χ2v) is 8.15. The van der Waals surface area contributed by atoms with Crippen molar-refractivity contribution in [3.8, 4) is 0 Å². The van der Waals surface area contributed by atoms with Crippen LogP contribution >= 0.6 is 11.3 Å². The summed E-state index contributed by atoms with van der Waals surface area (Å²) in [4.78, 5) is 24.9. The third-order valence-corrected chi connectivity index (χ3v) is 6.39. The van der Waals surface area contributed by atoms with Crippen LogP contribution < -0.4 is 5.73 Å². The number of hydrogen-bond donors (Lipinski definition) is 1. The van der Waals surface area contributed by atoms with Gasteiger partial charge in [0.05, 0.1) is 23.9 Å². The van der Waals surface area contributed by atoms with Gasteiger partial charge in [-0.25, -0.2) is 4.98 Å². The second kappa shape index (κ2) is 7.51. The van der Waals surface area contributed by atoms with Gasteiger partial charge in [-0.15, -0.1) is 11.3 Å². The third kappa shape index (κ3) is 3.48. The fraction of sp³-hybridized carbons (Fsp3) is 0.227. The maximum absolute atomic E-state index is 12.1. The largest absolute Gasteiger partial charge is 0.371 e. The Morgan fingerprint density at radius 3 is 3.00 bits per heavy atom. The average Bonchev–Trinajstić information content (AvgIpc) is 3.14. The predicted molar refractivity (Wildman–Crippen MR) is 114 cm³/mol. The van der Waals surface area contributed by atoms with E-state index < -0.39 is 5.91 Å². The maximum atomic E-state index is 12.1. The topological polar surface area (TPSA) is 81.3 Å². The van der Waals surface area contributed by atoms with E-state index in [4.69, 9.17) is 15.5 Å². The number of fused-ring (bicyclic) bond motifs is 2. The van der Waals surface area contributed by atoms with Crippen LogP contribution in [-0.2, 0) is 11.3 Å². The molecule has 1 aromatic carbocycles. The van der Waals surface area contributed by atoms with Crippen LogP contribution in [0.5, 0.6) is 0 Å². The highest BCUT2D eigenvalue weighted by molar-refractivity contribution is 7.20. The van der Waals surface area contributed by atoms with Crippen molar-refractivity contribution in [1.29, 1.82) is 0 Å². The van der Waals surface area contributed by atoms with E-state index in [1.807, 2.05) is 30.3 Å². The zero-order valence-corrected chi connectivity index (χ0v) is 16.6. The summed E-state index contributed by atoms with van der Waals surface area (Å²) in [5.41, 5.74) is 8.55. The summed E-state index contributed by atoms with van der Waals surface area (Å²) in [6, 6.07) is 16.2. The number of rotatable bonds is 4. The van der Waals surface area contributed by atoms with Crippen molar-refractivity contribution in [1.82, 2.24) is 14.9 Å². The minimum absolute atomic E-state index is 0.218. The summed E-state index contributed by atoms with van der Waals surface area (Å²) in [7, 11) is 0. The fourth-order valence-electron chi connectivity index (χ4n) is 3.90. The number of carbonyl (C=O) groups excluding carboxylic acids is 1. The van der Waals surface area contributed by atoms with E-state index in [-0.39, 0.29) is 6.10 Å². The molecule has 0 bridgehead atoms. The van der Waals surface area contributed by atoms with Crippen LogP contribution in [0.15, 0.2) is 54.7 Å². The van der Waals surface area contributed by atoms with Crippen LogP contribution in [0.25, 0.3) is 21.1 Å². The first kappa shape index (κ1) is 18.2. The van der Waals surface area contributed by atoms with Crippen molar-refractivity contribution in [3.05, 3.63) is 70.9 Å².